The van der Waals surface area contributed by atoms with Gasteiger partial charge in [-0.15, -0.1) is 0 Å². The molecular formula is C15H15N3O. The van der Waals surface area contributed by atoms with Gasteiger partial charge in [0.2, 0.25) is 0 Å². The van der Waals surface area contributed by atoms with Crippen molar-refractivity contribution in [1.82, 2.24) is 9.78 Å². The number of para-hydroxylation sites is 2. The second kappa shape index (κ2) is 5.02. The molecule has 1 aromatic carbocycles. The van der Waals surface area contributed by atoms with Gasteiger partial charge in [-0.3, -0.25) is 0 Å². The van der Waals surface area contributed by atoms with Crippen LogP contribution in [-0.4, -0.2) is 9.78 Å². The summed E-state index contributed by atoms with van der Waals surface area (Å²) in [6.45, 7) is 2.07. The zero-order valence-electron chi connectivity index (χ0n) is 10.7. The van der Waals surface area contributed by atoms with Crippen LogP contribution in [-0.2, 0) is 0 Å². The first-order valence-electron chi connectivity index (χ1n) is 6.23. The van der Waals surface area contributed by atoms with Crippen LogP contribution in [0.1, 0.15) is 18.7 Å². The number of anilines is 1. The molecule has 0 amide bonds. The molecule has 0 aliphatic carbocycles. The molecule has 0 radical (unpaired) electrons. The van der Waals surface area contributed by atoms with Crippen LogP contribution in [0.5, 0.6) is 0 Å². The summed E-state index contributed by atoms with van der Waals surface area (Å²) in [4.78, 5) is 0. The van der Waals surface area contributed by atoms with E-state index in [2.05, 4.69) is 17.3 Å². The van der Waals surface area contributed by atoms with Gasteiger partial charge in [-0.2, -0.15) is 5.10 Å². The summed E-state index contributed by atoms with van der Waals surface area (Å²) in [5, 5.41) is 7.72. The van der Waals surface area contributed by atoms with E-state index in [4.69, 9.17) is 4.42 Å². The lowest BCUT2D eigenvalue weighted by atomic mass is 10.2. The summed E-state index contributed by atoms with van der Waals surface area (Å²) in [7, 11) is 0. The maximum atomic E-state index is 5.41. The highest BCUT2D eigenvalue weighted by molar-refractivity contribution is 5.61. The number of hydrogen-bond acceptors (Lipinski definition) is 3. The van der Waals surface area contributed by atoms with Crippen LogP contribution in [0.4, 0.5) is 5.69 Å². The van der Waals surface area contributed by atoms with Gasteiger partial charge in [-0.1, -0.05) is 12.1 Å². The van der Waals surface area contributed by atoms with Gasteiger partial charge >= 0.3 is 0 Å². The van der Waals surface area contributed by atoms with Crippen molar-refractivity contribution >= 4 is 5.69 Å². The third-order valence-corrected chi connectivity index (χ3v) is 3.00. The Hall–Kier alpha value is -2.49. The molecule has 1 atom stereocenters. The molecule has 2 heterocycles. The molecule has 19 heavy (non-hydrogen) atoms. The third-order valence-electron chi connectivity index (χ3n) is 3.00. The number of rotatable bonds is 4. The number of hydrogen-bond donors (Lipinski definition) is 1. The molecule has 4 heteroatoms. The van der Waals surface area contributed by atoms with Crippen molar-refractivity contribution in [3.05, 3.63) is 66.9 Å². The van der Waals surface area contributed by atoms with Crippen molar-refractivity contribution < 1.29 is 4.42 Å². The van der Waals surface area contributed by atoms with Crippen molar-refractivity contribution in [2.24, 2.45) is 0 Å². The first kappa shape index (κ1) is 11.6. The van der Waals surface area contributed by atoms with E-state index in [-0.39, 0.29) is 6.04 Å². The number of aromatic nitrogens is 2. The fourth-order valence-electron chi connectivity index (χ4n) is 2.05. The van der Waals surface area contributed by atoms with E-state index < -0.39 is 0 Å². The smallest absolute Gasteiger partial charge is 0.125 e. The van der Waals surface area contributed by atoms with Crippen LogP contribution in [0.25, 0.3) is 5.69 Å². The Kier molecular flexibility index (Phi) is 3.06. The van der Waals surface area contributed by atoms with Gasteiger partial charge in [0.05, 0.1) is 23.7 Å². The zero-order chi connectivity index (χ0) is 13.1. The Balaban J connectivity index is 1.89. The molecule has 0 bridgehead atoms. The summed E-state index contributed by atoms with van der Waals surface area (Å²) in [6, 6.07) is 13.9. The Morgan fingerprint density at radius 3 is 2.79 bits per heavy atom. The van der Waals surface area contributed by atoms with Crippen LogP contribution in [0.3, 0.4) is 0 Å². The fourth-order valence-corrected chi connectivity index (χ4v) is 2.05. The lowest BCUT2D eigenvalue weighted by Gasteiger charge is -2.16. The quantitative estimate of drug-likeness (QED) is 0.772. The normalized spacial score (nSPS) is 12.3. The monoisotopic (exact) mass is 253 g/mol. The maximum Gasteiger partial charge on any atom is 0.125 e. The van der Waals surface area contributed by atoms with E-state index in [0.29, 0.717) is 0 Å². The van der Waals surface area contributed by atoms with Crippen LogP contribution in [0.2, 0.25) is 0 Å². The number of nitrogens with zero attached hydrogens (tertiary/aromatic N) is 2. The van der Waals surface area contributed by atoms with Crippen molar-refractivity contribution in [1.29, 1.82) is 0 Å². The lowest BCUT2D eigenvalue weighted by molar-refractivity contribution is 0.490. The predicted molar refractivity (Wildman–Crippen MR) is 74.3 cm³/mol. The first-order chi connectivity index (χ1) is 9.34. The summed E-state index contributed by atoms with van der Waals surface area (Å²) in [5.41, 5.74) is 2.04. The molecule has 0 saturated heterocycles. The van der Waals surface area contributed by atoms with Crippen LogP contribution in [0.15, 0.2) is 65.5 Å². The van der Waals surface area contributed by atoms with Gasteiger partial charge in [-0.05, 0) is 37.3 Å². The molecule has 96 valence electrons. The highest BCUT2D eigenvalue weighted by Crippen LogP contribution is 2.24. The molecule has 1 unspecified atom stereocenters. The molecule has 0 fully saturated rings. The fraction of sp³-hybridized carbons (Fsp3) is 0.133. The van der Waals surface area contributed by atoms with Gasteiger partial charge < -0.3 is 9.73 Å². The Morgan fingerprint density at radius 2 is 2.05 bits per heavy atom. The average Bonchev–Trinajstić information content (AvgIpc) is 3.13. The molecule has 1 N–H and O–H groups in total. The molecule has 3 rings (SSSR count). The Morgan fingerprint density at radius 1 is 1.16 bits per heavy atom. The van der Waals surface area contributed by atoms with Gasteiger partial charge in [-0.25, -0.2) is 4.68 Å². The van der Waals surface area contributed by atoms with Crippen LogP contribution >= 0.6 is 0 Å². The second-order valence-corrected chi connectivity index (χ2v) is 4.35. The minimum Gasteiger partial charge on any atom is -0.467 e. The Labute approximate surface area is 111 Å². The van der Waals surface area contributed by atoms with Crippen molar-refractivity contribution in [3.63, 3.8) is 0 Å². The molecular weight excluding hydrogens is 238 g/mol. The predicted octanol–water partition coefficient (Wildman–Crippen LogP) is 3.64. The minimum absolute atomic E-state index is 0.103. The van der Waals surface area contributed by atoms with Crippen LogP contribution in [0, 0.1) is 0 Å². The minimum atomic E-state index is 0.103. The molecule has 0 spiro atoms. The second-order valence-electron chi connectivity index (χ2n) is 4.35. The molecule has 4 nitrogen and oxygen atoms in total. The van der Waals surface area contributed by atoms with Crippen LogP contribution < -0.4 is 5.32 Å². The van der Waals surface area contributed by atoms with Gasteiger partial charge in [0, 0.05) is 12.4 Å². The summed E-state index contributed by atoms with van der Waals surface area (Å²) in [6.07, 6.45) is 5.39. The number of benzene rings is 1. The van der Waals surface area contributed by atoms with Crippen molar-refractivity contribution in [3.8, 4) is 5.69 Å². The number of nitrogens with one attached hydrogen (secondary N) is 1. The van der Waals surface area contributed by atoms with E-state index in [1.165, 1.54) is 0 Å². The summed E-state index contributed by atoms with van der Waals surface area (Å²) < 4.78 is 7.26. The topological polar surface area (TPSA) is 43.0 Å². The van der Waals surface area contributed by atoms with E-state index >= 15 is 0 Å². The lowest BCUT2D eigenvalue weighted by Crippen LogP contribution is -2.08. The van der Waals surface area contributed by atoms with Crippen molar-refractivity contribution in [2.45, 2.75) is 13.0 Å². The molecule has 0 aliphatic rings. The number of furan rings is 1. The van der Waals surface area contributed by atoms with Crippen molar-refractivity contribution in [2.75, 3.05) is 5.32 Å². The largest absolute Gasteiger partial charge is 0.467 e. The van der Waals surface area contributed by atoms with Gasteiger partial charge in [0.1, 0.15) is 5.76 Å². The van der Waals surface area contributed by atoms with Gasteiger partial charge in [0.25, 0.3) is 0 Å². The maximum absolute atomic E-state index is 5.41. The van der Waals surface area contributed by atoms with E-state index in [1.807, 2.05) is 53.3 Å². The highest BCUT2D eigenvalue weighted by atomic mass is 16.3. The van der Waals surface area contributed by atoms with Gasteiger partial charge in [0.15, 0.2) is 0 Å². The van der Waals surface area contributed by atoms with E-state index in [0.717, 1.165) is 17.1 Å². The average molecular weight is 253 g/mol. The van der Waals surface area contributed by atoms with E-state index in [1.54, 1.807) is 12.5 Å². The molecule has 2 aromatic heterocycles. The highest BCUT2D eigenvalue weighted by Gasteiger charge is 2.11. The SMILES string of the molecule is CC(Nc1ccccc1-n1cccn1)c1ccco1. The zero-order valence-corrected chi connectivity index (χ0v) is 10.7. The standard InChI is InChI=1S/C15H15N3O/c1-12(15-8-4-11-19-15)17-13-6-2-3-7-14(13)18-10-5-9-16-18/h2-12,17H,1H3. The summed E-state index contributed by atoms with van der Waals surface area (Å²) in [5.74, 6) is 0.912. The molecule has 3 aromatic rings. The Bertz CT molecular complexity index is 629. The first-order valence-corrected chi connectivity index (χ1v) is 6.23. The molecule has 0 saturated carbocycles. The summed E-state index contributed by atoms with van der Waals surface area (Å²) >= 11 is 0. The van der Waals surface area contributed by atoms with E-state index in [9.17, 15) is 0 Å². The third kappa shape index (κ3) is 2.38. The molecule has 0 aliphatic heterocycles.